The SMILES string of the molecule is C[C@@H](NC(=O)c1ccc(S(=O)(=O)N2CCOCC2)cc1)c1ccc(Cl)cc1. The average Bonchev–Trinajstić information content (AvgIpc) is 2.69. The smallest absolute Gasteiger partial charge is 0.251 e. The minimum absolute atomic E-state index is 0.173. The van der Waals surface area contributed by atoms with Gasteiger partial charge in [-0.25, -0.2) is 8.42 Å². The van der Waals surface area contributed by atoms with E-state index >= 15 is 0 Å². The van der Waals surface area contributed by atoms with Crippen molar-refractivity contribution in [3.8, 4) is 0 Å². The van der Waals surface area contributed by atoms with Gasteiger partial charge in [0.1, 0.15) is 0 Å². The number of hydrogen-bond acceptors (Lipinski definition) is 4. The van der Waals surface area contributed by atoms with E-state index in [2.05, 4.69) is 5.32 Å². The molecule has 1 N–H and O–H groups in total. The highest BCUT2D eigenvalue weighted by Crippen LogP contribution is 2.19. The maximum absolute atomic E-state index is 12.6. The molecule has 1 aliphatic heterocycles. The lowest BCUT2D eigenvalue weighted by Crippen LogP contribution is -2.40. The van der Waals surface area contributed by atoms with E-state index in [4.69, 9.17) is 16.3 Å². The van der Waals surface area contributed by atoms with Crippen LogP contribution in [0.4, 0.5) is 0 Å². The molecule has 0 unspecified atom stereocenters. The van der Waals surface area contributed by atoms with Gasteiger partial charge in [-0.3, -0.25) is 4.79 Å². The summed E-state index contributed by atoms with van der Waals surface area (Å²) < 4.78 is 31.8. The van der Waals surface area contributed by atoms with Crippen molar-refractivity contribution in [1.82, 2.24) is 9.62 Å². The quantitative estimate of drug-likeness (QED) is 0.825. The zero-order valence-electron chi connectivity index (χ0n) is 14.9. The first kappa shape index (κ1) is 19.8. The molecule has 0 aliphatic carbocycles. The molecule has 0 radical (unpaired) electrons. The predicted octanol–water partition coefficient (Wildman–Crippen LogP) is 2.85. The van der Waals surface area contributed by atoms with E-state index in [1.54, 1.807) is 12.1 Å². The van der Waals surface area contributed by atoms with E-state index in [1.165, 1.54) is 28.6 Å². The molecule has 0 saturated carbocycles. The first-order chi connectivity index (χ1) is 12.9. The van der Waals surface area contributed by atoms with E-state index < -0.39 is 10.0 Å². The Kier molecular flexibility index (Phi) is 6.16. The van der Waals surface area contributed by atoms with E-state index in [0.29, 0.717) is 36.9 Å². The van der Waals surface area contributed by atoms with Crippen LogP contribution >= 0.6 is 11.6 Å². The number of amides is 1. The topological polar surface area (TPSA) is 75.7 Å². The Labute approximate surface area is 164 Å². The van der Waals surface area contributed by atoms with Gasteiger partial charge in [-0.15, -0.1) is 0 Å². The highest BCUT2D eigenvalue weighted by molar-refractivity contribution is 7.89. The largest absolute Gasteiger partial charge is 0.379 e. The zero-order valence-corrected chi connectivity index (χ0v) is 16.5. The van der Waals surface area contributed by atoms with Gasteiger partial charge in [-0.2, -0.15) is 4.31 Å². The summed E-state index contributed by atoms with van der Waals surface area (Å²) in [6, 6.07) is 13.0. The standard InChI is InChI=1S/C19H21ClN2O4S/c1-14(15-2-6-17(20)7-3-15)21-19(23)16-4-8-18(9-5-16)27(24,25)22-10-12-26-13-11-22/h2-9,14H,10-13H2,1H3,(H,21,23)/t14-/m1/s1. The molecule has 2 aromatic carbocycles. The van der Waals surface area contributed by atoms with Crippen molar-refractivity contribution >= 4 is 27.5 Å². The third kappa shape index (κ3) is 4.68. The van der Waals surface area contributed by atoms with Crippen LogP contribution in [0.15, 0.2) is 53.4 Å². The van der Waals surface area contributed by atoms with Gasteiger partial charge in [0, 0.05) is 23.7 Å². The molecule has 1 saturated heterocycles. The maximum atomic E-state index is 12.6. The van der Waals surface area contributed by atoms with Crippen molar-refractivity contribution in [1.29, 1.82) is 0 Å². The van der Waals surface area contributed by atoms with Crippen molar-refractivity contribution in [3.05, 3.63) is 64.7 Å². The Morgan fingerprint density at radius 1 is 1.07 bits per heavy atom. The van der Waals surface area contributed by atoms with E-state index in [1.807, 2.05) is 19.1 Å². The Bertz CT molecular complexity index is 892. The highest BCUT2D eigenvalue weighted by atomic mass is 35.5. The average molecular weight is 409 g/mol. The molecule has 1 aliphatic rings. The molecule has 0 spiro atoms. The first-order valence-electron chi connectivity index (χ1n) is 8.62. The van der Waals surface area contributed by atoms with Crippen molar-refractivity contribution < 1.29 is 17.9 Å². The number of ether oxygens (including phenoxy) is 1. The molecule has 1 amide bonds. The molecule has 8 heteroatoms. The number of nitrogens with one attached hydrogen (secondary N) is 1. The minimum Gasteiger partial charge on any atom is -0.379 e. The van der Waals surface area contributed by atoms with Crippen LogP contribution in [0, 0.1) is 0 Å². The number of sulfonamides is 1. The Balaban J connectivity index is 1.69. The van der Waals surface area contributed by atoms with Gasteiger partial charge in [-0.05, 0) is 48.9 Å². The maximum Gasteiger partial charge on any atom is 0.251 e. The number of morpholine rings is 1. The summed E-state index contributed by atoms with van der Waals surface area (Å²) in [6.45, 7) is 3.33. The van der Waals surface area contributed by atoms with Gasteiger partial charge in [0.2, 0.25) is 10.0 Å². The Morgan fingerprint density at radius 2 is 1.67 bits per heavy atom. The molecule has 6 nitrogen and oxygen atoms in total. The molecule has 0 aromatic heterocycles. The molecule has 144 valence electrons. The van der Waals surface area contributed by atoms with Gasteiger partial charge >= 0.3 is 0 Å². The van der Waals surface area contributed by atoms with Gasteiger partial charge in [0.05, 0.1) is 24.2 Å². The fourth-order valence-electron chi connectivity index (χ4n) is 2.83. The summed E-state index contributed by atoms with van der Waals surface area (Å²) in [5, 5.41) is 3.53. The van der Waals surface area contributed by atoms with Crippen LogP contribution in [0.25, 0.3) is 0 Å². The number of carbonyl (C=O) groups excluding carboxylic acids is 1. The Hall–Kier alpha value is -1.93. The highest BCUT2D eigenvalue weighted by Gasteiger charge is 2.26. The van der Waals surface area contributed by atoms with Crippen LogP contribution in [0.1, 0.15) is 28.9 Å². The molecule has 0 bridgehead atoms. The fourth-order valence-corrected chi connectivity index (χ4v) is 4.36. The molecule has 3 rings (SSSR count). The van der Waals surface area contributed by atoms with E-state index in [0.717, 1.165) is 5.56 Å². The number of benzene rings is 2. The first-order valence-corrected chi connectivity index (χ1v) is 10.4. The molecule has 1 atom stereocenters. The van der Waals surface area contributed by atoms with Crippen molar-refractivity contribution in [2.45, 2.75) is 17.9 Å². The molecule has 1 heterocycles. The number of nitrogens with zero attached hydrogens (tertiary/aromatic N) is 1. The Morgan fingerprint density at radius 3 is 2.26 bits per heavy atom. The summed E-state index contributed by atoms with van der Waals surface area (Å²) in [6.07, 6.45) is 0. The van der Waals surface area contributed by atoms with Crippen molar-refractivity contribution in [3.63, 3.8) is 0 Å². The number of carbonyl (C=O) groups is 1. The summed E-state index contributed by atoms with van der Waals surface area (Å²) in [7, 11) is -3.57. The summed E-state index contributed by atoms with van der Waals surface area (Å²) in [5.74, 6) is -0.271. The lowest BCUT2D eigenvalue weighted by Gasteiger charge is -2.26. The van der Waals surface area contributed by atoms with E-state index in [9.17, 15) is 13.2 Å². The number of rotatable bonds is 5. The minimum atomic E-state index is -3.57. The third-order valence-electron chi connectivity index (χ3n) is 4.44. The zero-order chi connectivity index (χ0) is 19.4. The third-order valence-corrected chi connectivity index (χ3v) is 6.61. The lowest BCUT2D eigenvalue weighted by molar-refractivity contribution is 0.0730. The van der Waals surface area contributed by atoms with Crippen molar-refractivity contribution in [2.75, 3.05) is 26.3 Å². The molecular formula is C19H21ClN2O4S. The fraction of sp³-hybridized carbons (Fsp3) is 0.316. The summed E-state index contributed by atoms with van der Waals surface area (Å²) in [5.41, 5.74) is 1.33. The lowest BCUT2D eigenvalue weighted by atomic mass is 10.1. The van der Waals surface area contributed by atoms with Crippen LogP contribution in [0.5, 0.6) is 0 Å². The van der Waals surface area contributed by atoms with Crippen LogP contribution < -0.4 is 5.32 Å². The monoisotopic (exact) mass is 408 g/mol. The van der Waals surface area contributed by atoms with Crippen molar-refractivity contribution in [2.24, 2.45) is 0 Å². The van der Waals surface area contributed by atoms with Crippen LogP contribution in [-0.2, 0) is 14.8 Å². The second kappa shape index (κ2) is 8.39. The van der Waals surface area contributed by atoms with Gasteiger partial charge in [-0.1, -0.05) is 23.7 Å². The number of halogens is 1. The van der Waals surface area contributed by atoms with Gasteiger partial charge < -0.3 is 10.1 Å². The normalized spacial score (nSPS) is 16.7. The second-order valence-electron chi connectivity index (χ2n) is 6.29. The van der Waals surface area contributed by atoms with E-state index in [-0.39, 0.29) is 16.8 Å². The van der Waals surface area contributed by atoms with Crippen LogP contribution in [0.2, 0.25) is 5.02 Å². The van der Waals surface area contributed by atoms with Crippen LogP contribution in [0.3, 0.4) is 0 Å². The molecule has 27 heavy (non-hydrogen) atoms. The predicted molar refractivity (Wildman–Crippen MR) is 103 cm³/mol. The van der Waals surface area contributed by atoms with Gasteiger partial charge in [0.25, 0.3) is 5.91 Å². The number of hydrogen-bond donors (Lipinski definition) is 1. The molecule has 1 fully saturated rings. The van der Waals surface area contributed by atoms with Gasteiger partial charge in [0.15, 0.2) is 0 Å². The van der Waals surface area contributed by atoms with Crippen LogP contribution in [-0.4, -0.2) is 44.9 Å². The molecular weight excluding hydrogens is 388 g/mol. The summed E-state index contributed by atoms with van der Waals surface area (Å²) in [4.78, 5) is 12.6. The molecule has 2 aromatic rings. The summed E-state index contributed by atoms with van der Waals surface area (Å²) >= 11 is 5.88. The second-order valence-corrected chi connectivity index (χ2v) is 8.66.